The summed E-state index contributed by atoms with van der Waals surface area (Å²) in [6.45, 7) is 1.85. The normalized spacial score (nSPS) is 10.6. The quantitative estimate of drug-likeness (QED) is 0.169. The molecule has 5 rings (SSSR count). The second kappa shape index (κ2) is 13.8. The first-order valence-electron chi connectivity index (χ1n) is 13.6. The van der Waals surface area contributed by atoms with E-state index in [-0.39, 0.29) is 17.6 Å². The molecule has 10 nitrogen and oxygen atoms in total. The van der Waals surface area contributed by atoms with Gasteiger partial charge in [0.25, 0.3) is 5.91 Å². The number of benzene rings is 4. The average molecular weight is 610 g/mol. The van der Waals surface area contributed by atoms with Crippen molar-refractivity contribution in [2.45, 2.75) is 12.1 Å². The van der Waals surface area contributed by atoms with Gasteiger partial charge in [-0.15, -0.1) is 10.2 Å². The van der Waals surface area contributed by atoms with Crippen molar-refractivity contribution < 1.29 is 23.8 Å². The molecule has 2 amide bonds. The molecule has 0 bridgehead atoms. The summed E-state index contributed by atoms with van der Waals surface area (Å²) in [4.78, 5) is 25.8. The van der Waals surface area contributed by atoms with Crippen LogP contribution in [-0.4, -0.2) is 53.7 Å². The highest BCUT2D eigenvalue weighted by Gasteiger charge is 2.19. The minimum atomic E-state index is -0.260. The molecule has 0 saturated heterocycles. The Morgan fingerprint density at radius 1 is 0.773 bits per heavy atom. The molecule has 0 aliphatic heterocycles. The first-order chi connectivity index (χ1) is 21.4. The number of aryl methyl sites for hydroxylation is 1. The molecule has 1 heterocycles. The Hall–Kier alpha value is -5.29. The Morgan fingerprint density at radius 2 is 1.43 bits per heavy atom. The third-order valence-electron chi connectivity index (χ3n) is 6.75. The number of ether oxygens (including phenoxy) is 3. The summed E-state index contributed by atoms with van der Waals surface area (Å²) in [5.74, 6) is 2.05. The number of carbonyl (C=O) groups excluding carboxylic acids is 2. The van der Waals surface area contributed by atoms with Crippen LogP contribution >= 0.6 is 11.8 Å². The summed E-state index contributed by atoms with van der Waals surface area (Å²) in [7, 11) is 4.74. The Morgan fingerprint density at radius 3 is 2.07 bits per heavy atom. The van der Waals surface area contributed by atoms with Crippen molar-refractivity contribution in [2.24, 2.45) is 0 Å². The second-order valence-electron chi connectivity index (χ2n) is 9.59. The first-order valence-corrected chi connectivity index (χ1v) is 14.6. The number of hydrogen-bond acceptors (Lipinski definition) is 8. The van der Waals surface area contributed by atoms with Gasteiger partial charge < -0.3 is 24.8 Å². The van der Waals surface area contributed by atoms with E-state index in [1.165, 1.54) is 18.9 Å². The molecule has 0 spiro atoms. The monoisotopic (exact) mass is 609 g/mol. The van der Waals surface area contributed by atoms with Gasteiger partial charge in [0.15, 0.2) is 11.0 Å². The van der Waals surface area contributed by atoms with Crippen LogP contribution < -0.4 is 24.8 Å². The number of nitrogens with zero attached hydrogens (tertiary/aromatic N) is 3. The van der Waals surface area contributed by atoms with Gasteiger partial charge in [-0.2, -0.15) is 0 Å². The Bertz CT molecular complexity index is 1760. The molecule has 0 aliphatic carbocycles. The number of methoxy groups -OCH3 is 3. The van der Waals surface area contributed by atoms with Gasteiger partial charge in [-0.05, 0) is 79.2 Å². The molecule has 4 aromatic carbocycles. The van der Waals surface area contributed by atoms with Crippen LogP contribution in [0.5, 0.6) is 17.2 Å². The van der Waals surface area contributed by atoms with E-state index in [9.17, 15) is 9.59 Å². The predicted molar refractivity (Wildman–Crippen MR) is 171 cm³/mol. The van der Waals surface area contributed by atoms with Crippen molar-refractivity contribution in [3.8, 4) is 34.3 Å². The molecule has 11 heteroatoms. The van der Waals surface area contributed by atoms with E-state index in [0.29, 0.717) is 33.7 Å². The van der Waals surface area contributed by atoms with Crippen LogP contribution in [0.2, 0.25) is 0 Å². The predicted octanol–water partition coefficient (Wildman–Crippen LogP) is 6.25. The first kappa shape index (κ1) is 30.2. The van der Waals surface area contributed by atoms with Gasteiger partial charge in [-0.3, -0.25) is 14.2 Å². The number of nitrogens with one attached hydrogen (secondary N) is 2. The molecule has 0 aliphatic rings. The number of aromatic nitrogens is 3. The molecule has 0 saturated carbocycles. The molecule has 0 atom stereocenters. The van der Waals surface area contributed by atoms with Crippen molar-refractivity contribution in [3.05, 3.63) is 102 Å². The number of carbonyl (C=O) groups is 2. The van der Waals surface area contributed by atoms with Gasteiger partial charge in [0.1, 0.15) is 17.2 Å². The van der Waals surface area contributed by atoms with E-state index in [1.807, 2.05) is 66.1 Å². The highest BCUT2D eigenvalue weighted by Crippen LogP contribution is 2.33. The molecular formula is C33H31N5O5S. The zero-order valence-corrected chi connectivity index (χ0v) is 25.5. The number of amides is 2. The van der Waals surface area contributed by atoms with Crippen LogP contribution in [-0.2, 0) is 4.79 Å². The minimum Gasteiger partial charge on any atom is -0.497 e. The summed E-state index contributed by atoms with van der Waals surface area (Å²) in [6, 6.07) is 27.5. The third kappa shape index (κ3) is 6.84. The van der Waals surface area contributed by atoms with E-state index >= 15 is 0 Å². The Kier molecular flexibility index (Phi) is 9.46. The SMILES string of the molecule is COc1ccc(-c2nnc(SCC(=O)Nc3cc(C)c(NC(=O)c4ccccc4)cc3OC)n2-c2ccc(OC)cc2)cc1. The van der Waals surface area contributed by atoms with Gasteiger partial charge in [0, 0.05) is 28.6 Å². The van der Waals surface area contributed by atoms with E-state index < -0.39 is 0 Å². The van der Waals surface area contributed by atoms with Crippen molar-refractivity contribution in [1.82, 2.24) is 14.8 Å². The van der Waals surface area contributed by atoms with Crippen molar-refractivity contribution in [1.29, 1.82) is 0 Å². The molecule has 2 N–H and O–H groups in total. The minimum absolute atomic E-state index is 0.0611. The molecule has 0 fully saturated rings. The highest BCUT2D eigenvalue weighted by molar-refractivity contribution is 7.99. The number of rotatable bonds is 11. The van der Waals surface area contributed by atoms with Gasteiger partial charge in [-0.25, -0.2) is 0 Å². The summed E-state index contributed by atoms with van der Waals surface area (Å²) in [5.41, 5.74) is 4.03. The van der Waals surface area contributed by atoms with Crippen molar-refractivity contribution in [3.63, 3.8) is 0 Å². The third-order valence-corrected chi connectivity index (χ3v) is 7.68. The van der Waals surface area contributed by atoms with Crippen LogP contribution in [0.3, 0.4) is 0 Å². The lowest BCUT2D eigenvalue weighted by Gasteiger charge is -2.15. The van der Waals surface area contributed by atoms with E-state index in [0.717, 1.165) is 28.3 Å². The maximum atomic E-state index is 13.1. The average Bonchev–Trinajstić information content (AvgIpc) is 3.49. The van der Waals surface area contributed by atoms with Crippen LogP contribution in [0.25, 0.3) is 17.1 Å². The second-order valence-corrected chi connectivity index (χ2v) is 10.5. The zero-order valence-electron chi connectivity index (χ0n) is 24.7. The molecule has 224 valence electrons. The lowest BCUT2D eigenvalue weighted by atomic mass is 10.1. The van der Waals surface area contributed by atoms with Crippen molar-refractivity contribution >= 4 is 35.0 Å². The fourth-order valence-corrected chi connectivity index (χ4v) is 5.20. The van der Waals surface area contributed by atoms with Crippen LogP contribution in [0.15, 0.2) is 96.2 Å². The van der Waals surface area contributed by atoms with Gasteiger partial charge >= 0.3 is 0 Å². The van der Waals surface area contributed by atoms with E-state index in [2.05, 4.69) is 20.8 Å². The topological polar surface area (TPSA) is 117 Å². The largest absolute Gasteiger partial charge is 0.497 e. The van der Waals surface area contributed by atoms with Gasteiger partial charge in [0.2, 0.25) is 5.91 Å². The lowest BCUT2D eigenvalue weighted by Crippen LogP contribution is -2.16. The van der Waals surface area contributed by atoms with Crippen LogP contribution in [0.4, 0.5) is 11.4 Å². The lowest BCUT2D eigenvalue weighted by molar-refractivity contribution is -0.113. The molecule has 5 aromatic rings. The summed E-state index contributed by atoms with van der Waals surface area (Å²) in [5, 5.41) is 15.2. The van der Waals surface area contributed by atoms with Crippen LogP contribution in [0.1, 0.15) is 15.9 Å². The maximum Gasteiger partial charge on any atom is 0.255 e. The molecular weight excluding hydrogens is 578 g/mol. The molecule has 1 aromatic heterocycles. The highest BCUT2D eigenvalue weighted by atomic mass is 32.2. The van der Waals surface area contributed by atoms with Gasteiger partial charge in [-0.1, -0.05) is 30.0 Å². The number of anilines is 2. The fourth-order valence-electron chi connectivity index (χ4n) is 4.44. The Labute approximate surface area is 259 Å². The zero-order chi connectivity index (χ0) is 31.1. The van der Waals surface area contributed by atoms with Gasteiger partial charge in [0.05, 0.1) is 32.8 Å². The number of hydrogen-bond donors (Lipinski definition) is 2. The summed E-state index contributed by atoms with van der Waals surface area (Å²) < 4.78 is 18.1. The van der Waals surface area contributed by atoms with Crippen LogP contribution in [0, 0.1) is 6.92 Å². The molecule has 44 heavy (non-hydrogen) atoms. The van der Waals surface area contributed by atoms with Crippen molar-refractivity contribution in [2.75, 3.05) is 37.7 Å². The van der Waals surface area contributed by atoms with E-state index in [4.69, 9.17) is 14.2 Å². The summed E-state index contributed by atoms with van der Waals surface area (Å²) >= 11 is 1.25. The molecule has 0 unspecified atom stereocenters. The van der Waals surface area contributed by atoms with E-state index in [1.54, 1.807) is 50.6 Å². The standard InChI is InChI=1S/C33H31N5O5S/c1-21-18-28(29(43-4)19-27(21)35-32(40)23-8-6-5-7-9-23)34-30(39)20-44-33-37-36-31(22-10-14-25(41-2)15-11-22)38(33)24-12-16-26(42-3)17-13-24/h5-19H,20H2,1-4H3,(H,34,39)(H,35,40). The fraction of sp³-hybridized carbons (Fsp3) is 0.152. The summed E-state index contributed by atoms with van der Waals surface area (Å²) in [6.07, 6.45) is 0. The number of thioether (sulfide) groups is 1. The smallest absolute Gasteiger partial charge is 0.255 e. The molecule has 0 radical (unpaired) electrons. The maximum absolute atomic E-state index is 13.1. The Balaban J connectivity index is 1.34.